The van der Waals surface area contributed by atoms with Crippen LogP contribution in [0.5, 0.6) is 0 Å². The van der Waals surface area contributed by atoms with Crippen molar-refractivity contribution < 1.29 is 14.3 Å². The summed E-state index contributed by atoms with van der Waals surface area (Å²) < 4.78 is 6.39. The summed E-state index contributed by atoms with van der Waals surface area (Å²) in [6, 6.07) is 13.9. The van der Waals surface area contributed by atoms with Crippen LogP contribution in [0.15, 0.2) is 48.5 Å². The molecule has 116 valence electrons. The lowest BCUT2D eigenvalue weighted by Gasteiger charge is -2.07. The van der Waals surface area contributed by atoms with Gasteiger partial charge in [0.2, 0.25) is 0 Å². The Labute approximate surface area is 138 Å². The number of methoxy groups -OCH3 is 1. The molecule has 2 aromatic carbocycles. The molecule has 0 spiro atoms. The second-order valence-electron chi connectivity index (χ2n) is 5.12. The predicted molar refractivity (Wildman–Crippen MR) is 89.2 cm³/mol. The van der Waals surface area contributed by atoms with E-state index in [1.165, 1.54) is 11.7 Å². The standard InChI is InChI=1S/C18H14ClNO3/c1-11-16(18(22)23-2)14-5-3-4-6-15(14)20(11)17(21)12-7-9-13(19)10-8-12/h3-10H,1-2H3. The second kappa shape index (κ2) is 5.89. The number of nitrogens with zero attached hydrogens (tertiary/aromatic N) is 1. The van der Waals surface area contributed by atoms with Crippen molar-refractivity contribution in [3.8, 4) is 0 Å². The summed E-state index contributed by atoms with van der Waals surface area (Å²) in [6.45, 7) is 1.74. The molecule has 0 bridgehead atoms. The molecule has 0 fully saturated rings. The van der Waals surface area contributed by atoms with Gasteiger partial charge < -0.3 is 4.74 Å². The van der Waals surface area contributed by atoms with E-state index in [1.54, 1.807) is 37.3 Å². The maximum atomic E-state index is 12.9. The summed E-state index contributed by atoms with van der Waals surface area (Å²) in [6.07, 6.45) is 0. The third kappa shape index (κ3) is 2.51. The number of carbonyl (C=O) groups is 2. The SMILES string of the molecule is COC(=O)c1c(C)n(C(=O)c2ccc(Cl)cc2)c2ccccc12. The molecule has 0 saturated heterocycles. The Bertz CT molecular complexity index is 910. The largest absolute Gasteiger partial charge is 0.465 e. The number of rotatable bonds is 2. The van der Waals surface area contributed by atoms with Crippen LogP contribution < -0.4 is 0 Å². The highest BCUT2D eigenvalue weighted by Crippen LogP contribution is 2.27. The zero-order valence-corrected chi connectivity index (χ0v) is 13.4. The van der Waals surface area contributed by atoms with E-state index < -0.39 is 5.97 Å². The zero-order valence-electron chi connectivity index (χ0n) is 12.7. The Morgan fingerprint density at radius 3 is 2.35 bits per heavy atom. The maximum absolute atomic E-state index is 12.9. The predicted octanol–water partition coefficient (Wildman–Crippen LogP) is 4.08. The molecule has 1 heterocycles. The fourth-order valence-electron chi connectivity index (χ4n) is 2.71. The van der Waals surface area contributed by atoms with Crippen molar-refractivity contribution >= 4 is 34.4 Å². The quantitative estimate of drug-likeness (QED) is 0.666. The average molecular weight is 328 g/mol. The van der Waals surface area contributed by atoms with Crippen molar-refractivity contribution in [3.05, 3.63) is 70.4 Å². The summed E-state index contributed by atoms with van der Waals surface area (Å²) >= 11 is 5.87. The van der Waals surface area contributed by atoms with Crippen molar-refractivity contribution in [2.24, 2.45) is 0 Å². The van der Waals surface area contributed by atoms with Gasteiger partial charge in [-0.3, -0.25) is 9.36 Å². The summed E-state index contributed by atoms with van der Waals surface area (Å²) in [5, 5.41) is 1.25. The Morgan fingerprint density at radius 2 is 1.70 bits per heavy atom. The van der Waals surface area contributed by atoms with Gasteiger partial charge in [0.15, 0.2) is 0 Å². The molecular formula is C18H14ClNO3. The first kappa shape index (κ1) is 15.3. The molecule has 5 heteroatoms. The van der Waals surface area contributed by atoms with Gasteiger partial charge in [-0.05, 0) is 37.3 Å². The molecule has 0 aliphatic carbocycles. The number of fused-ring (bicyclic) bond motifs is 1. The molecule has 0 unspecified atom stereocenters. The van der Waals surface area contributed by atoms with Gasteiger partial charge in [-0.1, -0.05) is 29.8 Å². The van der Waals surface area contributed by atoms with Crippen LogP contribution in [0.4, 0.5) is 0 Å². The minimum atomic E-state index is -0.457. The minimum absolute atomic E-state index is 0.217. The van der Waals surface area contributed by atoms with Crippen LogP contribution in [0.25, 0.3) is 10.9 Å². The molecule has 0 radical (unpaired) electrons. The van der Waals surface area contributed by atoms with Gasteiger partial charge in [0.1, 0.15) is 0 Å². The minimum Gasteiger partial charge on any atom is -0.465 e. The molecule has 23 heavy (non-hydrogen) atoms. The molecule has 3 aromatic rings. The fourth-order valence-corrected chi connectivity index (χ4v) is 2.84. The van der Waals surface area contributed by atoms with Crippen molar-refractivity contribution in [2.45, 2.75) is 6.92 Å². The average Bonchev–Trinajstić information content (AvgIpc) is 2.86. The monoisotopic (exact) mass is 327 g/mol. The van der Waals surface area contributed by atoms with Crippen molar-refractivity contribution in [1.29, 1.82) is 0 Å². The van der Waals surface area contributed by atoms with Crippen LogP contribution in [0, 0.1) is 6.92 Å². The first-order valence-corrected chi connectivity index (χ1v) is 7.41. The summed E-state index contributed by atoms with van der Waals surface area (Å²) in [5.74, 6) is -0.674. The number of aromatic nitrogens is 1. The fraction of sp³-hybridized carbons (Fsp3) is 0.111. The van der Waals surface area contributed by atoms with Crippen molar-refractivity contribution in [1.82, 2.24) is 4.57 Å². The molecule has 3 rings (SSSR count). The smallest absolute Gasteiger partial charge is 0.340 e. The molecule has 0 amide bonds. The lowest BCUT2D eigenvalue weighted by molar-refractivity contribution is 0.0602. The molecule has 0 aliphatic rings. The topological polar surface area (TPSA) is 48.3 Å². The first-order chi connectivity index (χ1) is 11.0. The van der Waals surface area contributed by atoms with Crippen LogP contribution >= 0.6 is 11.6 Å². The Morgan fingerprint density at radius 1 is 1.04 bits per heavy atom. The Hall–Kier alpha value is -2.59. The summed E-state index contributed by atoms with van der Waals surface area (Å²) in [7, 11) is 1.33. The number of carbonyl (C=O) groups excluding carboxylic acids is 2. The number of hydrogen-bond acceptors (Lipinski definition) is 3. The van der Waals surface area contributed by atoms with Gasteiger partial charge in [-0.25, -0.2) is 4.79 Å². The first-order valence-electron chi connectivity index (χ1n) is 7.03. The van der Waals surface area contributed by atoms with E-state index in [-0.39, 0.29) is 5.91 Å². The van der Waals surface area contributed by atoms with Crippen molar-refractivity contribution in [2.75, 3.05) is 7.11 Å². The third-order valence-corrected chi connectivity index (χ3v) is 4.05. The van der Waals surface area contributed by atoms with Crippen LogP contribution in [0.2, 0.25) is 5.02 Å². The number of ether oxygens (including phenoxy) is 1. The molecule has 0 saturated carbocycles. The summed E-state index contributed by atoms with van der Waals surface area (Å²) in [5.41, 5.74) is 2.13. The van der Waals surface area contributed by atoms with Gasteiger partial charge in [0.05, 0.1) is 18.2 Å². The molecular weight excluding hydrogens is 314 g/mol. The zero-order chi connectivity index (χ0) is 16.6. The number of halogens is 1. The number of benzene rings is 2. The lowest BCUT2D eigenvalue weighted by Crippen LogP contribution is -2.14. The molecule has 4 nitrogen and oxygen atoms in total. The van der Waals surface area contributed by atoms with Crippen LogP contribution in [0.3, 0.4) is 0 Å². The number of esters is 1. The molecule has 0 aliphatic heterocycles. The van der Waals surface area contributed by atoms with E-state index in [0.29, 0.717) is 32.7 Å². The van der Waals surface area contributed by atoms with E-state index in [0.717, 1.165) is 0 Å². The van der Waals surface area contributed by atoms with Gasteiger partial charge in [0, 0.05) is 21.7 Å². The number of para-hydroxylation sites is 1. The third-order valence-electron chi connectivity index (χ3n) is 3.80. The second-order valence-corrected chi connectivity index (χ2v) is 5.55. The van der Waals surface area contributed by atoms with E-state index in [1.807, 2.05) is 18.2 Å². The van der Waals surface area contributed by atoms with Crippen LogP contribution in [-0.4, -0.2) is 23.6 Å². The van der Waals surface area contributed by atoms with E-state index in [9.17, 15) is 9.59 Å². The molecule has 1 aromatic heterocycles. The van der Waals surface area contributed by atoms with Crippen LogP contribution in [0.1, 0.15) is 26.4 Å². The Kier molecular flexibility index (Phi) is 3.92. The molecule has 0 N–H and O–H groups in total. The lowest BCUT2D eigenvalue weighted by atomic mass is 10.1. The molecule has 0 atom stereocenters. The van der Waals surface area contributed by atoms with E-state index in [2.05, 4.69) is 0 Å². The van der Waals surface area contributed by atoms with Gasteiger partial charge >= 0.3 is 5.97 Å². The number of hydrogen-bond donors (Lipinski definition) is 0. The van der Waals surface area contributed by atoms with Crippen molar-refractivity contribution in [3.63, 3.8) is 0 Å². The van der Waals surface area contributed by atoms with Gasteiger partial charge in [-0.2, -0.15) is 0 Å². The van der Waals surface area contributed by atoms with Gasteiger partial charge in [0.25, 0.3) is 5.91 Å². The highest BCUT2D eigenvalue weighted by Gasteiger charge is 2.23. The maximum Gasteiger partial charge on any atom is 0.340 e. The highest BCUT2D eigenvalue weighted by atomic mass is 35.5. The van der Waals surface area contributed by atoms with Crippen LogP contribution in [-0.2, 0) is 4.74 Å². The Balaban J connectivity index is 2.25. The van der Waals surface area contributed by atoms with E-state index >= 15 is 0 Å². The van der Waals surface area contributed by atoms with Gasteiger partial charge in [-0.15, -0.1) is 0 Å². The van der Waals surface area contributed by atoms with E-state index in [4.69, 9.17) is 16.3 Å². The normalized spacial score (nSPS) is 10.7. The summed E-state index contributed by atoms with van der Waals surface area (Å²) in [4.78, 5) is 25.0. The highest BCUT2D eigenvalue weighted by molar-refractivity contribution is 6.30.